The van der Waals surface area contributed by atoms with Gasteiger partial charge in [-0.25, -0.2) is 4.39 Å². The van der Waals surface area contributed by atoms with E-state index in [1.165, 1.54) is 16.6 Å². The molecule has 0 bridgehead atoms. The molecule has 1 aromatic carbocycles. The molecule has 5 heteroatoms. The fraction of sp³-hybridized carbons (Fsp3) is 0.458. The lowest BCUT2D eigenvalue weighted by molar-refractivity contribution is 0.161. The fourth-order valence-corrected chi connectivity index (χ4v) is 4.94. The zero-order chi connectivity index (χ0) is 20.8. The van der Waals surface area contributed by atoms with Crippen molar-refractivity contribution in [3.63, 3.8) is 0 Å². The molecule has 0 N–H and O–H groups in total. The Balaban J connectivity index is 1.82. The SMILES string of the molecule is Cc1cnccc1C(C)(F)Cn1c2c(c3cc(Cl)ccc31)CCN(C(C)C)CC2. The van der Waals surface area contributed by atoms with Crippen LogP contribution in [-0.4, -0.2) is 33.6 Å². The number of benzene rings is 1. The molecule has 3 nitrogen and oxygen atoms in total. The lowest BCUT2D eigenvalue weighted by atomic mass is 9.95. The van der Waals surface area contributed by atoms with Crippen molar-refractivity contribution in [2.45, 2.75) is 58.8 Å². The number of aryl methyl sites for hydroxylation is 1. The number of hydrogen-bond acceptors (Lipinski definition) is 2. The second-order valence-corrected chi connectivity index (χ2v) is 9.13. The van der Waals surface area contributed by atoms with Gasteiger partial charge in [0.1, 0.15) is 0 Å². The lowest BCUT2D eigenvalue weighted by Gasteiger charge is -2.26. The summed E-state index contributed by atoms with van der Waals surface area (Å²) in [7, 11) is 0. The minimum absolute atomic E-state index is 0.285. The molecule has 0 aliphatic carbocycles. The molecule has 1 atom stereocenters. The van der Waals surface area contributed by atoms with E-state index in [2.05, 4.69) is 28.3 Å². The topological polar surface area (TPSA) is 21.1 Å². The number of halogens is 2. The second kappa shape index (κ2) is 7.73. The van der Waals surface area contributed by atoms with Crippen molar-refractivity contribution < 1.29 is 4.39 Å². The smallest absolute Gasteiger partial charge is 0.151 e. The number of pyridine rings is 1. The van der Waals surface area contributed by atoms with Gasteiger partial charge in [-0.05, 0) is 75.1 Å². The van der Waals surface area contributed by atoms with E-state index in [4.69, 9.17) is 11.6 Å². The highest BCUT2D eigenvalue weighted by atomic mass is 35.5. The summed E-state index contributed by atoms with van der Waals surface area (Å²) < 4.78 is 18.2. The van der Waals surface area contributed by atoms with Crippen molar-refractivity contribution in [3.05, 3.63) is 64.1 Å². The number of nitrogens with zero attached hydrogens (tertiary/aromatic N) is 3. The molecule has 29 heavy (non-hydrogen) atoms. The second-order valence-electron chi connectivity index (χ2n) is 8.69. The van der Waals surface area contributed by atoms with Crippen LogP contribution in [0.5, 0.6) is 0 Å². The van der Waals surface area contributed by atoms with Crippen molar-refractivity contribution in [2.24, 2.45) is 0 Å². The Hall–Kier alpha value is -1.91. The normalized spacial score (nSPS) is 17.3. The van der Waals surface area contributed by atoms with Gasteiger partial charge in [-0.3, -0.25) is 4.98 Å². The summed E-state index contributed by atoms with van der Waals surface area (Å²) in [5, 5.41) is 1.90. The molecule has 3 aromatic rings. The number of hydrogen-bond donors (Lipinski definition) is 0. The first kappa shape index (κ1) is 20.4. The van der Waals surface area contributed by atoms with Crippen LogP contribution in [-0.2, 0) is 25.1 Å². The van der Waals surface area contributed by atoms with Crippen LogP contribution in [0, 0.1) is 6.92 Å². The molecular formula is C24H29ClFN3. The quantitative estimate of drug-likeness (QED) is 0.547. The molecule has 0 radical (unpaired) electrons. The zero-order valence-electron chi connectivity index (χ0n) is 17.7. The van der Waals surface area contributed by atoms with Gasteiger partial charge in [-0.15, -0.1) is 0 Å². The highest BCUT2D eigenvalue weighted by Gasteiger charge is 2.31. The maximum Gasteiger partial charge on any atom is 0.151 e. The van der Waals surface area contributed by atoms with Gasteiger partial charge in [0.2, 0.25) is 0 Å². The van der Waals surface area contributed by atoms with Crippen LogP contribution in [0.15, 0.2) is 36.7 Å². The predicted octanol–water partition coefficient (Wildman–Crippen LogP) is 5.69. The summed E-state index contributed by atoms with van der Waals surface area (Å²) in [5.74, 6) is 0. The van der Waals surface area contributed by atoms with E-state index in [1.54, 1.807) is 25.4 Å². The van der Waals surface area contributed by atoms with E-state index in [1.807, 2.05) is 25.1 Å². The van der Waals surface area contributed by atoms with Crippen LogP contribution in [0.25, 0.3) is 10.9 Å². The van der Waals surface area contributed by atoms with E-state index in [0.29, 0.717) is 11.6 Å². The van der Waals surface area contributed by atoms with Gasteiger partial charge >= 0.3 is 0 Å². The Kier molecular flexibility index (Phi) is 5.43. The average molecular weight is 414 g/mol. The van der Waals surface area contributed by atoms with Crippen molar-refractivity contribution in [1.29, 1.82) is 0 Å². The predicted molar refractivity (Wildman–Crippen MR) is 118 cm³/mol. The summed E-state index contributed by atoms with van der Waals surface area (Å²) in [6, 6.07) is 8.31. The van der Waals surface area contributed by atoms with E-state index in [0.717, 1.165) is 42.0 Å². The van der Waals surface area contributed by atoms with Crippen LogP contribution >= 0.6 is 11.6 Å². The third-order valence-corrected chi connectivity index (χ3v) is 6.54. The van der Waals surface area contributed by atoms with E-state index >= 15 is 4.39 Å². The maximum absolute atomic E-state index is 16.0. The molecule has 0 saturated heterocycles. The minimum Gasteiger partial charge on any atom is -0.341 e. The molecule has 1 unspecified atom stereocenters. The van der Waals surface area contributed by atoms with E-state index in [-0.39, 0.29) is 6.54 Å². The Morgan fingerprint density at radius 1 is 1.21 bits per heavy atom. The van der Waals surface area contributed by atoms with Crippen LogP contribution in [0.4, 0.5) is 4.39 Å². The Morgan fingerprint density at radius 2 is 1.97 bits per heavy atom. The van der Waals surface area contributed by atoms with Crippen LogP contribution in [0.3, 0.4) is 0 Å². The van der Waals surface area contributed by atoms with Crippen molar-refractivity contribution in [2.75, 3.05) is 13.1 Å². The molecule has 154 valence electrons. The van der Waals surface area contributed by atoms with Crippen LogP contribution < -0.4 is 0 Å². The van der Waals surface area contributed by atoms with Gasteiger partial charge < -0.3 is 9.47 Å². The maximum atomic E-state index is 16.0. The van der Waals surface area contributed by atoms with Gasteiger partial charge in [0.25, 0.3) is 0 Å². The molecule has 2 aromatic heterocycles. The summed E-state index contributed by atoms with van der Waals surface area (Å²) >= 11 is 6.34. The van der Waals surface area contributed by atoms with E-state index < -0.39 is 5.67 Å². The van der Waals surface area contributed by atoms with Crippen molar-refractivity contribution in [3.8, 4) is 0 Å². The van der Waals surface area contributed by atoms with Gasteiger partial charge in [-0.2, -0.15) is 0 Å². The molecule has 4 rings (SSSR count). The van der Waals surface area contributed by atoms with Crippen molar-refractivity contribution in [1.82, 2.24) is 14.5 Å². The molecular weight excluding hydrogens is 385 g/mol. The first-order chi connectivity index (χ1) is 13.8. The van der Waals surface area contributed by atoms with Gasteiger partial charge in [0.05, 0.1) is 6.54 Å². The minimum atomic E-state index is -1.49. The molecule has 0 fully saturated rings. The highest BCUT2D eigenvalue weighted by Crippen LogP contribution is 2.36. The fourth-order valence-electron chi connectivity index (χ4n) is 4.77. The number of alkyl halides is 1. The van der Waals surface area contributed by atoms with Gasteiger partial charge in [0.15, 0.2) is 5.67 Å². The monoisotopic (exact) mass is 413 g/mol. The van der Waals surface area contributed by atoms with Gasteiger partial charge in [-0.1, -0.05) is 11.6 Å². The Labute approximate surface area is 177 Å². The molecule has 3 heterocycles. The summed E-state index contributed by atoms with van der Waals surface area (Å²) in [5.41, 5.74) is 3.75. The molecule has 0 amide bonds. The first-order valence-corrected chi connectivity index (χ1v) is 10.8. The zero-order valence-corrected chi connectivity index (χ0v) is 18.4. The standard InChI is InChI=1S/C24H29ClFN3/c1-16(2)28-11-8-19-20-13-18(25)5-6-22(20)29(23(19)9-12-28)15-24(4,26)21-7-10-27-14-17(21)3/h5-7,10,13-14,16H,8-9,11-12,15H2,1-4H3. The third-order valence-electron chi connectivity index (χ3n) is 6.30. The summed E-state index contributed by atoms with van der Waals surface area (Å²) in [6.07, 6.45) is 5.30. The van der Waals surface area contributed by atoms with Crippen molar-refractivity contribution >= 4 is 22.5 Å². The Morgan fingerprint density at radius 3 is 2.69 bits per heavy atom. The molecule has 1 aliphatic heterocycles. The largest absolute Gasteiger partial charge is 0.341 e. The number of rotatable bonds is 4. The van der Waals surface area contributed by atoms with Crippen LogP contribution in [0.1, 0.15) is 43.2 Å². The summed E-state index contributed by atoms with van der Waals surface area (Å²) in [6.45, 7) is 10.4. The molecule has 0 saturated carbocycles. The first-order valence-electron chi connectivity index (χ1n) is 10.4. The molecule has 1 aliphatic rings. The number of fused-ring (bicyclic) bond motifs is 3. The third kappa shape index (κ3) is 3.80. The highest BCUT2D eigenvalue weighted by molar-refractivity contribution is 6.31. The molecule has 0 spiro atoms. The Bertz CT molecular complexity index is 1040. The van der Waals surface area contributed by atoms with Gasteiger partial charge in [0, 0.05) is 59.6 Å². The summed E-state index contributed by atoms with van der Waals surface area (Å²) in [4.78, 5) is 6.63. The van der Waals surface area contributed by atoms with Crippen LogP contribution in [0.2, 0.25) is 5.02 Å². The number of aromatic nitrogens is 2. The lowest BCUT2D eigenvalue weighted by Crippen LogP contribution is -2.33. The average Bonchev–Trinajstić information content (AvgIpc) is 2.82. The van der Waals surface area contributed by atoms with E-state index in [9.17, 15) is 0 Å².